The van der Waals surface area contributed by atoms with Gasteiger partial charge in [-0.1, -0.05) is 229 Å². The minimum absolute atomic E-state index is 0.00439. The van der Waals surface area contributed by atoms with Gasteiger partial charge in [-0.2, -0.15) is 0 Å². The summed E-state index contributed by atoms with van der Waals surface area (Å²) in [6.07, 6.45) is 8.19. The Balaban J connectivity index is 1.17. The Kier molecular flexibility index (Phi) is 11.2. The van der Waals surface area contributed by atoms with Gasteiger partial charge in [0.15, 0.2) is 0 Å². The van der Waals surface area contributed by atoms with Crippen LogP contribution in [-0.4, -0.2) is 6.04 Å². The molecule has 1 heterocycles. The first kappa shape index (κ1) is 49.7. The molecule has 388 valence electrons. The number of fused-ring (bicyclic) bond motifs is 16. The van der Waals surface area contributed by atoms with Gasteiger partial charge >= 0.3 is 0 Å². The lowest BCUT2D eigenvalue weighted by molar-refractivity contribution is 0.510. The third kappa shape index (κ3) is 7.66. The summed E-state index contributed by atoms with van der Waals surface area (Å²) >= 11 is 0. The molecule has 3 aliphatic rings. The highest BCUT2D eigenvalue weighted by Crippen LogP contribution is 2.67. The summed E-state index contributed by atoms with van der Waals surface area (Å²) in [5, 5.41) is 4.64. The van der Waals surface area contributed by atoms with E-state index in [1.807, 2.05) is 0 Å². The van der Waals surface area contributed by atoms with Crippen molar-refractivity contribution >= 4 is 61.1 Å². The number of allylic oxidation sites excluding steroid dienone is 2. The molecule has 78 heavy (non-hydrogen) atoms. The number of nitrogens with zero attached hydrogens (tertiary/aromatic N) is 2. The lowest BCUT2D eigenvalue weighted by Crippen LogP contribution is -2.32. The average Bonchev–Trinajstić information content (AvgIpc) is 2.97. The first-order valence-corrected chi connectivity index (χ1v) is 28.3. The Morgan fingerprint density at radius 3 is 1.41 bits per heavy atom. The van der Waals surface area contributed by atoms with Crippen LogP contribution in [-0.2, 0) is 21.7 Å². The molecule has 3 nitrogen and oxygen atoms in total. The summed E-state index contributed by atoms with van der Waals surface area (Å²) < 4.78 is 7.55. The van der Waals surface area contributed by atoms with E-state index < -0.39 is 5.41 Å². The van der Waals surface area contributed by atoms with Crippen LogP contribution in [0.15, 0.2) is 210 Å². The number of furan rings is 1. The minimum Gasteiger partial charge on any atom is -0.455 e. The summed E-state index contributed by atoms with van der Waals surface area (Å²) in [4.78, 5) is 5.16. The summed E-state index contributed by atoms with van der Waals surface area (Å²) in [6, 6.07) is 69.6. The van der Waals surface area contributed by atoms with Crippen LogP contribution in [0.2, 0.25) is 0 Å². The molecule has 0 saturated heterocycles. The molecule has 0 N–H and O–H groups in total. The Morgan fingerprint density at radius 1 is 0.436 bits per heavy atom. The molecule has 0 aliphatic heterocycles. The number of para-hydroxylation sites is 1. The van der Waals surface area contributed by atoms with Crippen molar-refractivity contribution in [1.29, 1.82) is 0 Å². The van der Waals surface area contributed by atoms with Crippen LogP contribution in [0.25, 0.3) is 55.0 Å². The molecule has 10 aromatic rings. The molecule has 0 saturated carbocycles. The zero-order valence-corrected chi connectivity index (χ0v) is 47.6. The Morgan fingerprint density at radius 2 is 0.897 bits per heavy atom. The third-order valence-corrected chi connectivity index (χ3v) is 17.4. The summed E-state index contributed by atoms with van der Waals surface area (Å²) in [5.74, 6) is 0. The fourth-order valence-electron chi connectivity index (χ4n) is 13.3. The average molecular weight is 1020 g/mol. The van der Waals surface area contributed by atoms with Gasteiger partial charge in [-0.15, -0.1) is 0 Å². The van der Waals surface area contributed by atoms with Gasteiger partial charge in [0.25, 0.3) is 0 Å². The molecule has 0 amide bonds. The predicted octanol–water partition coefficient (Wildman–Crippen LogP) is 20.9. The van der Waals surface area contributed by atoms with E-state index in [9.17, 15) is 0 Å². The van der Waals surface area contributed by atoms with Gasteiger partial charge in [0.1, 0.15) is 11.2 Å². The maximum absolute atomic E-state index is 7.55. The largest absolute Gasteiger partial charge is 0.455 e. The van der Waals surface area contributed by atoms with Crippen molar-refractivity contribution in [3.8, 4) is 22.3 Å². The molecule has 1 unspecified atom stereocenters. The van der Waals surface area contributed by atoms with Crippen LogP contribution in [0.3, 0.4) is 0 Å². The number of hydrogen-bond acceptors (Lipinski definition) is 3. The second kappa shape index (κ2) is 17.6. The van der Waals surface area contributed by atoms with Crippen molar-refractivity contribution in [2.24, 2.45) is 5.41 Å². The summed E-state index contributed by atoms with van der Waals surface area (Å²) in [5.41, 5.74) is 22.2. The van der Waals surface area contributed by atoms with Crippen LogP contribution >= 0.6 is 0 Å². The fourth-order valence-corrected chi connectivity index (χ4v) is 13.3. The van der Waals surface area contributed by atoms with Crippen LogP contribution in [0.1, 0.15) is 128 Å². The van der Waals surface area contributed by atoms with Crippen LogP contribution < -0.4 is 9.80 Å². The second-order valence-electron chi connectivity index (χ2n) is 26.5. The maximum Gasteiger partial charge on any atom is 0.145 e. The number of rotatable bonds is 6. The molecule has 13 rings (SSSR count). The first-order chi connectivity index (χ1) is 37.2. The van der Waals surface area contributed by atoms with Gasteiger partial charge in [-0.05, 0) is 149 Å². The van der Waals surface area contributed by atoms with Gasteiger partial charge < -0.3 is 14.2 Å². The Labute approximate surface area is 462 Å². The second-order valence-corrected chi connectivity index (χ2v) is 26.5. The van der Waals surface area contributed by atoms with E-state index in [1.165, 1.54) is 77.5 Å². The molecule has 9 aromatic carbocycles. The fraction of sp³-hybridized carbons (Fsp3) is 0.253. The highest BCUT2D eigenvalue weighted by molar-refractivity contribution is 6.23. The molecular formula is C75H72N2O. The predicted molar refractivity (Wildman–Crippen MR) is 332 cm³/mol. The van der Waals surface area contributed by atoms with Crippen molar-refractivity contribution in [1.82, 2.24) is 0 Å². The summed E-state index contributed by atoms with van der Waals surface area (Å²) in [7, 11) is 0. The van der Waals surface area contributed by atoms with E-state index in [0.717, 1.165) is 56.8 Å². The minimum atomic E-state index is -0.722. The number of hydrogen-bond donors (Lipinski definition) is 0. The Bertz CT molecular complexity index is 3980. The number of anilines is 5. The standard InChI is InChI=1S/C75H72N2O/c1-71(2,3)47-29-37-51(38-30-47)76(52-39-31-48(32-40-52)72(4,5)6)64-45-62-67(58-24-14-13-23-57(58)64)69-63(75(62)60-26-18-15-21-55(60)56-22-16-19-27-61(56)75)46-65(68-59-25-17-20-28-66(59)78-70(68)69)77(53-41-33-49(34-42-53)73(7,8)9)54-43-35-50(36-44-54)74(10,11)12/h13-43,45-46,54H,44H2,1-12H3. The lowest BCUT2D eigenvalue weighted by Gasteiger charge is -2.37. The molecule has 1 atom stereocenters. The van der Waals surface area contributed by atoms with E-state index in [0.29, 0.717) is 0 Å². The van der Waals surface area contributed by atoms with E-state index >= 15 is 0 Å². The quantitative estimate of drug-likeness (QED) is 0.165. The van der Waals surface area contributed by atoms with E-state index in [1.54, 1.807) is 0 Å². The van der Waals surface area contributed by atoms with Gasteiger partial charge in [0, 0.05) is 33.4 Å². The van der Waals surface area contributed by atoms with E-state index in [4.69, 9.17) is 4.42 Å². The smallest absolute Gasteiger partial charge is 0.145 e. The molecule has 0 fully saturated rings. The van der Waals surface area contributed by atoms with Crippen molar-refractivity contribution < 1.29 is 4.42 Å². The molecule has 0 bridgehead atoms. The number of benzene rings is 9. The maximum atomic E-state index is 7.55. The lowest BCUT2D eigenvalue weighted by atomic mass is 9.70. The topological polar surface area (TPSA) is 19.6 Å². The van der Waals surface area contributed by atoms with Crippen molar-refractivity contribution in [3.63, 3.8) is 0 Å². The normalized spacial score (nSPS) is 15.6. The molecule has 3 heteroatoms. The van der Waals surface area contributed by atoms with Gasteiger partial charge in [0.2, 0.25) is 0 Å². The highest BCUT2D eigenvalue weighted by atomic mass is 16.3. The first-order valence-electron chi connectivity index (χ1n) is 28.3. The SMILES string of the molecule is CC(C)(C)C1=CCC(N(c2ccc(C(C)(C)C)cc2)c2cc3c(c4oc5ccccc5c24)-c2c(cc(N(c4ccc(C(C)(C)C)cc4)c4ccc(C(C)(C)C)cc4)c4ccccc24)C32c3ccccc3-c3ccccc32)C=C1. The zero-order chi connectivity index (χ0) is 54.3. The Hall–Kier alpha value is -7.88. The van der Waals surface area contributed by atoms with Crippen LogP contribution in [0, 0.1) is 5.41 Å². The third-order valence-electron chi connectivity index (χ3n) is 17.4. The van der Waals surface area contributed by atoms with Crippen molar-refractivity contribution in [3.05, 3.63) is 245 Å². The van der Waals surface area contributed by atoms with E-state index in [2.05, 4.69) is 293 Å². The molecule has 3 aliphatic carbocycles. The van der Waals surface area contributed by atoms with Crippen LogP contribution in [0.5, 0.6) is 0 Å². The van der Waals surface area contributed by atoms with Gasteiger partial charge in [-0.25, -0.2) is 0 Å². The summed E-state index contributed by atoms with van der Waals surface area (Å²) in [6.45, 7) is 27.7. The highest BCUT2D eigenvalue weighted by Gasteiger charge is 2.54. The van der Waals surface area contributed by atoms with Gasteiger partial charge in [-0.3, -0.25) is 0 Å². The van der Waals surface area contributed by atoms with E-state index in [-0.39, 0.29) is 27.7 Å². The monoisotopic (exact) mass is 1020 g/mol. The molecule has 0 radical (unpaired) electrons. The van der Waals surface area contributed by atoms with Crippen molar-refractivity contribution in [2.45, 2.75) is 117 Å². The van der Waals surface area contributed by atoms with Crippen LogP contribution in [0.4, 0.5) is 28.4 Å². The molecular weight excluding hydrogens is 945 g/mol. The van der Waals surface area contributed by atoms with Gasteiger partial charge in [0.05, 0.1) is 28.2 Å². The van der Waals surface area contributed by atoms with Crippen molar-refractivity contribution in [2.75, 3.05) is 9.80 Å². The molecule has 1 aromatic heterocycles. The molecule has 1 spiro atoms. The zero-order valence-electron chi connectivity index (χ0n) is 47.6.